The van der Waals surface area contributed by atoms with Gasteiger partial charge in [-0.05, 0) is 44.1 Å². The Labute approximate surface area is 171 Å². The first kappa shape index (κ1) is 24.0. The van der Waals surface area contributed by atoms with Crippen LogP contribution in [0.2, 0.25) is 0 Å². The second-order valence-electron chi connectivity index (χ2n) is 7.48. The van der Waals surface area contributed by atoms with Crippen LogP contribution in [0.5, 0.6) is 0 Å². The lowest BCUT2D eigenvalue weighted by molar-refractivity contribution is 0.0951. The van der Waals surface area contributed by atoms with Crippen LogP contribution in [-0.2, 0) is 6.54 Å². The predicted octanol–water partition coefficient (Wildman–Crippen LogP) is 2.86. The molecular formula is C22H39N5O. The maximum atomic E-state index is 12.3. The van der Waals surface area contributed by atoms with E-state index >= 15 is 0 Å². The zero-order chi connectivity index (χ0) is 20.8. The molecule has 1 unspecified atom stereocenters. The smallest absolute Gasteiger partial charge is 0.251 e. The van der Waals surface area contributed by atoms with E-state index in [0.29, 0.717) is 24.6 Å². The number of rotatable bonds is 12. The summed E-state index contributed by atoms with van der Waals surface area (Å²) in [7, 11) is 5.77. The van der Waals surface area contributed by atoms with Crippen molar-refractivity contribution in [1.29, 1.82) is 0 Å². The first-order chi connectivity index (χ1) is 13.5. The Balaban J connectivity index is 2.50. The molecule has 0 bridgehead atoms. The minimum Gasteiger partial charge on any atom is -0.356 e. The number of unbranched alkanes of at least 4 members (excludes halogenated alkanes) is 1. The minimum absolute atomic E-state index is 0.0343. The molecule has 0 radical (unpaired) electrons. The van der Waals surface area contributed by atoms with E-state index in [9.17, 15) is 4.79 Å². The number of guanidine groups is 1. The number of amides is 1. The number of nitrogens with zero attached hydrogens (tertiary/aromatic N) is 2. The number of aliphatic imine (C=N–C) groups is 1. The van der Waals surface area contributed by atoms with Crippen LogP contribution >= 0.6 is 0 Å². The summed E-state index contributed by atoms with van der Waals surface area (Å²) in [5, 5.41) is 9.73. The molecule has 3 N–H and O–H groups in total. The van der Waals surface area contributed by atoms with E-state index in [0.717, 1.165) is 24.6 Å². The number of carbonyl (C=O) groups excluding carboxylic acids is 1. The van der Waals surface area contributed by atoms with Crippen LogP contribution in [0.1, 0.15) is 55.5 Å². The number of benzene rings is 1. The first-order valence-electron chi connectivity index (χ1n) is 10.5. The molecule has 1 aromatic rings. The highest BCUT2D eigenvalue weighted by Gasteiger charge is 2.08. The summed E-state index contributed by atoms with van der Waals surface area (Å²) in [4.78, 5) is 18.6. The molecule has 0 aliphatic carbocycles. The number of nitrogens with one attached hydrogen (secondary N) is 3. The molecule has 0 heterocycles. The molecule has 0 fully saturated rings. The Morgan fingerprint density at radius 3 is 2.61 bits per heavy atom. The molecule has 0 aliphatic rings. The van der Waals surface area contributed by atoms with Gasteiger partial charge >= 0.3 is 0 Å². The summed E-state index contributed by atoms with van der Waals surface area (Å²) in [5.41, 5.74) is 1.74. The van der Waals surface area contributed by atoms with Gasteiger partial charge in [0.2, 0.25) is 0 Å². The van der Waals surface area contributed by atoms with Crippen molar-refractivity contribution in [3.8, 4) is 0 Å². The van der Waals surface area contributed by atoms with Crippen LogP contribution in [0.4, 0.5) is 0 Å². The highest BCUT2D eigenvalue weighted by Crippen LogP contribution is 2.11. The molecule has 158 valence electrons. The Morgan fingerprint density at radius 2 is 1.96 bits per heavy atom. The third-order valence-electron chi connectivity index (χ3n) is 4.82. The summed E-state index contributed by atoms with van der Waals surface area (Å²) in [5.74, 6) is 1.44. The van der Waals surface area contributed by atoms with Crippen LogP contribution in [0, 0.1) is 5.92 Å². The van der Waals surface area contributed by atoms with E-state index < -0.39 is 0 Å². The molecule has 1 aromatic carbocycles. The molecule has 6 heteroatoms. The van der Waals surface area contributed by atoms with Crippen molar-refractivity contribution in [1.82, 2.24) is 20.9 Å². The van der Waals surface area contributed by atoms with Crippen molar-refractivity contribution in [3.05, 3.63) is 35.4 Å². The maximum absolute atomic E-state index is 12.3. The zero-order valence-electron chi connectivity index (χ0n) is 18.3. The first-order valence-corrected chi connectivity index (χ1v) is 10.5. The van der Waals surface area contributed by atoms with Gasteiger partial charge in [0, 0.05) is 38.8 Å². The van der Waals surface area contributed by atoms with Crippen LogP contribution < -0.4 is 16.0 Å². The van der Waals surface area contributed by atoms with E-state index in [1.165, 1.54) is 25.7 Å². The lowest BCUT2D eigenvalue weighted by atomic mass is 9.99. The maximum Gasteiger partial charge on any atom is 0.251 e. The summed E-state index contributed by atoms with van der Waals surface area (Å²) in [6.07, 6.45) is 4.94. The summed E-state index contributed by atoms with van der Waals surface area (Å²) >= 11 is 0. The van der Waals surface area contributed by atoms with Crippen molar-refractivity contribution in [3.63, 3.8) is 0 Å². The molecule has 1 rings (SSSR count). The summed E-state index contributed by atoms with van der Waals surface area (Å²) in [6, 6.07) is 7.72. The Hall–Kier alpha value is -2.08. The predicted molar refractivity (Wildman–Crippen MR) is 119 cm³/mol. The fraction of sp³-hybridized carbons (Fsp3) is 0.636. The second kappa shape index (κ2) is 14.0. The van der Waals surface area contributed by atoms with Gasteiger partial charge in [-0.15, -0.1) is 0 Å². The highest BCUT2D eigenvalue weighted by molar-refractivity contribution is 5.94. The molecule has 0 spiro atoms. The van der Waals surface area contributed by atoms with Gasteiger partial charge in [-0.3, -0.25) is 9.79 Å². The van der Waals surface area contributed by atoms with Gasteiger partial charge in [0.25, 0.3) is 5.91 Å². The molecule has 1 atom stereocenters. The lowest BCUT2D eigenvalue weighted by Crippen LogP contribution is -2.39. The molecule has 0 aromatic heterocycles. The fourth-order valence-electron chi connectivity index (χ4n) is 2.91. The Morgan fingerprint density at radius 1 is 1.18 bits per heavy atom. The normalized spacial score (nSPS) is 12.7. The fourth-order valence-corrected chi connectivity index (χ4v) is 2.91. The third kappa shape index (κ3) is 9.74. The van der Waals surface area contributed by atoms with Gasteiger partial charge in [0.05, 0.1) is 0 Å². The summed E-state index contributed by atoms with van der Waals surface area (Å²) < 4.78 is 0. The van der Waals surface area contributed by atoms with E-state index in [1.54, 1.807) is 7.05 Å². The molecule has 0 saturated carbocycles. The summed E-state index contributed by atoms with van der Waals surface area (Å²) in [6.45, 7) is 7.51. The molecule has 0 saturated heterocycles. The SMILES string of the molecule is CCCCC(CC)CNC(=NC)NCc1cccc(C(=O)NCCN(C)C)c1. The largest absolute Gasteiger partial charge is 0.356 e. The van der Waals surface area contributed by atoms with E-state index in [2.05, 4.69) is 34.8 Å². The standard InChI is InChI=1S/C22H39N5O/c1-6-8-10-18(7-2)16-25-22(23-3)26-17-19-11-9-12-20(15-19)21(28)24-13-14-27(4)5/h9,11-12,15,18H,6-8,10,13-14,16-17H2,1-5H3,(H,24,28)(H2,23,25,26). The minimum atomic E-state index is -0.0343. The average Bonchev–Trinajstić information content (AvgIpc) is 2.70. The van der Waals surface area contributed by atoms with E-state index in [1.807, 2.05) is 43.3 Å². The van der Waals surface area contributed by atoms with Crippen molar-refractivity contribution < 1.29 is 4.79 Å². The van der Waals surface area contributed by atoms with Gasteiger partial charge in [-0.25, -0.2) is 0 Å². The third-order valence-corrected chi connectivity index (χ3v) is 4.82. The van der Waals surface area contributed by atoms with Crippen molar-refractivity contribution in [2.24, 2.45) is 10.9 Å². The zero-order valence-corrected chi connectivity index (χ0v) is 18.3. The van der Waals surface area contributed by atoms with Crippen molar-refractivity contribution in [2.75, 3.05) is 40.8 Å². The van der Waals surface area contributed by atoms with E-state index in [4.69, 9.17) is 0 Å². The lowest BCUT2D eigenvalue weighted by Gasteiger charge is -2.18. The topological polar surface area (TPSA) is 68.8 Å². The number of hydrogen-bond donors (Lipinski definition) is 3. The van der Waals surface area contributed by atoms with Crippen LogP contribution in [0.15, 0.2) is 29.3 Å². The van der Waals surface area contributed by atoms with Gasteiger partial charge in [0.15, 0.2) is 5.96 Å². The Kier molecular flexibility index (Phi) is 12.0. The molecule has 1 amide bonds. The second-order valence-corrected chi connectivity index (χ2v) is 7.48. The van der Waals surface area contributed by atoms with Crippen LogP contribution in [0.3, 0.4) is 0 Å². The number of carbonyl (C=O) groups is 1. The quantitative estimate of drug-likeness (QED) is 0.380. The Bertz CT molecular complexity index is 600. The van der Waals surface area contributed by atoms with Gasteiger partial charge in [-0.2, -0.15) is 0 Å². The van der Waals surface area contributed by atoms with Gasteiger partial charge < -0.3 is 20.9 Å². The average molecular weight is 390 g/mol. The van der Waals surface area contributed by atoms with Crippen LogP contribution in [-0.4, -0.2) is 57.5 Å². The van der Waals surface area contributed by atoms with Gasteiger partial charge in [-0.1, -0.05) is 45.2 Å². The number of likely N-dealkylation sites (N-methyl/N-ethyl adjacent to an activating group) is 1. The molecule has 6 nitrogen and oxygen atoms in total. The van der Waals surface area contributed by atoms with Crippen molar-refractivity contribution >= 4 is 11.9 Å². The number of hydrogen-bond acceptors (Lipinski definition) is 3. The van der Waals surface area contributed by atoms with Crippen LogP contribution in [0.25, 0.3) is 0 Å². The monoisotopic (exact) mass is 389 g/mol. The highest BCUT2D eigenvalue weighted by atomic mass is 16.1. The molecule has 28 heavy (non-hydrogen) atoms. The van der Waals surface area contributed by atoms with E-state index in [-0.39, 0.29) is 5.91 Å². The molecule has 0 aliphatic heterocycles. The van der Waals surface area contributed by atoms with Crippen molar-refractivity contribution in [2.45, 2.75) is 46.1 Å². The molecular weight excluding hydrogens is 350 g/mol. The van der Waals surface area contributed by atoms with Gasteiger partial charge in [0.1, 0.15) is 0 Å².